The highest BCUT2D eigenvalue weighted by molar-refractivity contribution is 7.92. The molecule has 2 aromatic heterocycles. The van der Waals surface area contributed by atoms with Crippen LogP contribution in [0.15, 0.2) is 35.9 Å². The lowest BCUT2D eigenvalue weighted by Gasteiger charge is -2.10. The molecule has 0 aliphatic heterocycles. The smallest absolute Gasteiger partial charge is 0.279 e. The molecule has 7 nitrogen and oxygen atoms in total. The van der Waals surface area contributed by atoms with Crippen LogP contribution in [0.4, 0.5) is 5.69 Å². The molecule has 2 rings (SSSR count). The number of aromatic amines is 1. The van der Waals surface area contributed by atoms with E-state index >= 15 is 0 Å². The summed E-state index contributed by atoms with van der Waals surface area (Å²) in [5.41, 5.74) is 0.286. The van der Waals surface area contributed by atoms with E-state index in [-0.39, 0.29) is 16.6 Å². The van der Waals surface area contributed by atoms with Crippen LogP contribution >= 0.6 is 0 Å². The average Bonchev–Trinajstić information content (AvgIpc) is 2.86. The quantitative estimate of drug-likeness (QED) is 0.843. The molecule has 0 aliphatic rings. The van der Waals surface area contributed by atoms with Gasteiger partial charge in [-0.25, -0.2) is 9.97 Å². The Hall–Kier alpha value is -2.09. The van der Waals surface area contributed by atoms with Crippen molar-refractivity contribution in [2.24, 2.45) is 0 Å². The maximum absolute atomic E-state index is 12.0. The molecule has 0 radical (unpaired) electrons. The van der Waals surface area contributed by atoms with Crippen molar-refractivity contribution < 1.29 is 13.2 Å². The maximum Gasteiger partial charge on any atom is 0.279 e. The lowest BCUT2D eigenvalue weighted by atomic mass is 10.4. The van der Waals surface area contributed by atoms with Gasteiger partial charge in [-0.3, -0.25) is 4.72 Å². The number of anilines is 1. The Labute approximate surface area is 104 Å². The first-order valence-corrected chi connectivity index (χ1v) is 6.71. The number of imidazole rings is 1. The van der Waals surface area contributed by atoms with Crippen molar-refractivity contribution in [2.75, 3.05) is 11.3 Å². The number of ether oxygens (including phenoxy) is 1. The van der Waals surface area contributed by atoms with Crippen LogP contribution in [0.25, 0.3) is 0 Å². The molecular weight excluding hydrogens is 256 g/mol. The average molecular weight is 268 g/mol. The topological polar surface area (TPSA) is 97.0 Å². The van der Waals surface area contributed by atoms with Gasteiger partial charge in [-0.05, 0) is 19.1 Å². The third-order valence-corrected chi connectivity index (χ3v) is 3.35. The van der Waals surface area contributed by atoms with Crippen molar-refractivity contribution in [1.82, 2.24) is 15.0 Å². The van der Waals surface area contributed by atoms with E-state index in [2.05, 4.69) is 19.7 Å². The lowest BCUT2D eigenvalue weighted by molar-refractivity contribution is 0.329. The first kappa shape index (κ1) is 12.4. The van der Waals surface area contributed by atoms with E-state index < -0.39 is 10.0 Å². The summed E-state index contributed by atoms with van der Waals surface area (Å²) in [7, 11) is -3.70. The van der Waals surface area contributed by atoms with Crippen LogP contribution in [0.1, 0.15) is 6.92 Å². The Morgan fingerprint density at radius 3 is 3.00 bits per heavy atom. The molecule has 2 N–H and O–H groups in total. The van der Waals surface area contributed by atoms with Gasteiger partial charge in [0.2, 0.25) is 5.88 Å². The monoisotopic (exact) mass is 268 g/mol. The molecule has 0 aliphatic carbocycles. The van der Waals surface area contributed by atoms with Crippen molar-refractivity contribution >= 4 is 15.7 Å². The van der Waals surface area contributed by atoms with E-state index in [0.717, 1.165) is 0 Å². The number of hydrogen-bond acceptors (Lipinski definition) is 5. The van der Waals surface area contributed by atoms with E-state index in [1.165, 1.54) is 18.7 Å². The SMILES string of the molecule is CCOc1ncccc1NS(=O)(=O)c1cnc[nH]1. The normalized spacial score (nSPS) is 11.2. The van der Waals surface area contributed by atoms with Gasteiger partial charge >= 0.3 is 0 Å². The highest BCUT2D eigenvalue weighted by atomic mass is 32.2. The molecule has 0 atom stereocenters. The van der Waals surface area contributed by atoms with Gasteiger partial charge in [-0.2, -0.15) is 8.42 Å². The van der Waals surface area contributed by atoms with E-state index in [9.17, 15) is 8.42 Å². The summed E-state index contributed by atoms with van der Waals surface area (Å²) in [5, 5.41) is -0.0196. The van der Waals surface area contributed by atoms with Crippen LogP contribution in [0, 0.1) is 0 Å². The summed E-state index contributed by atoms with van der Waals surface area (Å²) in [6.07, 6.45) is 4.04. The number of hydrogen-bond donors (Lipinski definition) is 2. The van der Waals surface area contributed by atoms with Gasteiger partial charge in [-0.15, -0.1) is 0 Å². The molecule has 0 unspecified atom stereocenters. The largest absolute Gasteiger partial charge is 0.476 e. The molecule has 18 heavy (non-hydrogen) atoms. The minimum Gasteiger partial charge on any atom is -0.476 e. The lowest BCUT2D eigenvalue weighted by Crippen LogP contribution is -2.14. The van der Waals surface area contributed by atoms with E-state index in [0.29, 0.717) is 6.61 Å². The number of pyridine rings is 1. The van der Waals surface area contributed by atoms with Crippen LogP contribution in [-0.4, -0.2) is 30.0 Å². The second-order valence-corrected chi connectivity index (χ2v) is 4.96. The molecule has 0 aromatic carbocycles. The molecule has 0 saturated carbocycles. The number of H-pyrrole nitrogens is 1. The zero-order chi connectivity index (χ0) is 13.0. The van der Waals surface area contributed by atoms with Crippen molar-refractivity contribution in [3.63, 3.8) is 0 Å². The Bertz CT molecular complexity index is 610. The van der Waals surface area contributed by atoms with Crippen molar-refractivity contribution in [3.05, 3.63) is 30.9 Å². The van der Waals surface area contributed by atoms with Gasteiger partial charge in [0.25, 0.3) is 10.0 Å². The van der Waals surface area contributed by atoms with Gasteiger partial charge in [0.1, 0.15) is 5.69 Å². The van der Waals surface area contributed by atoms with Crippen LogP contribution in [0.2, 0.25) is 0 Å². The van der Waals surface area contributed by atoms with Crippen molar-refractivity contribution in [1.29, 1.82) is 0 Å². The Balaban J connectivity index is 2.29. The van der Waals surface area contributed by atoms with Gasteiger partial charge in [-0.1, -0.05) is 0 Å². The summed E-state index contributed by atoms with van der Waals surface area (Å²) < 4.78 is 31.5. The van der Waals surface area contributed by atoms with Gasteiger partial charge in [0.15, 0.2) is 5.03 Å². The number of sulfonamides is 1. The van der Waals surface area contributed by atoms with E-state index in [1.807, 2.05) is 0 Å². The highest BCUT2D eigenvalue weighted by Crippen LogP contribution is 2.23. The number of nitrogens with zero attached hydrogens (tertiary/aromatic N) is 2. The number of aromatic nitrogens is 3. The Morgan fingerprint density at radius 1 is 1.50 bits per heavy atom. The predicted molar refractivity (Wildman–Crippen MR) is 64.8 cm³/mol. The third kappa shape index (κ3) is 2.59. The molecule has 0 fully saturated rings. The van der Waals surface area contributed by atoms with Crippen molar-refractivity contribution in [3.8, 4) is 5.88 Å². The number of rotatable bonds is 5. The Kier molecular flexibility index (Phi) is 3.47. The van der Waals surface area contributed by atoms with Crippen LogP contribution in [0.5, 0.6) is 5.88 Å². The summed E-state index contributed by atoms with van der Waals surface area (Å²) >= 11 is 0. The molecule has 0 amide bonds. The molecule has 0 saturated heterocycles. The summed E-state index contributed by atoms with van der Waals surface area (Å²) in [6.45, 7) is 2.19. The molecule has 0 spiro atoms. The second kappa shape index (κ2) is 5.05. The predicted octanol–water partition coefficient (Wildman–Crippen LogP) is 1.00. The highest BCUT2D eigenvalue weighted by Gasteiger charge is 2.18. The van der Waals surface area contributed by atoms with Gasteiger partial charge in [0.05, 0.1) is 19.1 Å². The summed E-state index contributed by atoms with van der Waals surface area (Å²) in [4.78, 5) is 10.2. The fourth-order valence-corrected chi connectivity index (χ4v) is 2.27. The molecule has 8 heteroatoms. The minimum atomic E-state index is -3.70. The zero-order valence-electron chi connectivity index (χ0n) is 9.62. The van der Waals surface area contributed by atoms with Gasteiger partial charge in [0, 0.05) is 6.20 Å². The molecule has 2 aromatic rings. The van der Waals surface area contributed by atoms with Crippen LogP contribution in [-0.2, 0) is 10.0 Å². The van der Waals surface area contributed by atoms with Crippen molar-refractivity contribution in [2.45, 2.75) is 11.9 Å². The van der Waals surface area contributed by atoms with Crippen LogP contribution < -0.4 is 9.46 Å². The molecule has 96 valence electrons. The van der Waals surface area contributed by atoms with Crippen LogP contribution in [0.3, 0.4) is 0 Å². The third-order valence-electron chi connectivity index (χ3n) is 2.06. The summed E-state index contributed by atoms with van der Waals surface area (Å²) in [6, 6.07) is 3.19. The van der Waals surface area contributed by atoms with E-state index in [1.54, 1.807) is 19.1 Å². The molecular formula is C10H12N4O3S. The van der Waals surface area contributed by atoms with Gasteiger partial charge < -0.3 is 9.72 Å². The first-order chi connectivity index (χ1) is 8.63. The summed E-state index contributed by atoms with van der Waals surface area (Å²) in [5.74, 6) is 0.239. The Morgan fingerprint density at radius 2 is 2.33 bits per heavy atom. The standard InChI is InChI=1S/C10H12N4O3S/c1-2-17-10-8(4-3-5-12-10)14-18(15,16)9-6-11-7-13-9/h3-7,14H,2H2,1H3,(H,11,13). The zero-order valence-corrected chi connectivity index (χ0v) is 10.4. The molecule has 0 bridgehead atoms. The fraction of sp³-hybridized carbons (Fsp3) is 0.200. The maximum atomic E-state index is 12.0. The second-order valence-electron chi connectivity index (χ2n) is 3.31. The first-order valence-electron chi connectivity index (χ1n) is 5.22. The molecule has 2 heterocycles. The minimum absolute atomic E-state index is 0.0196. The fourth-order valence-electron chi connectivity index (χ4n) is 1.31. The number of nitrogens with one attached hydrogen (secondary N) is 2. The van der Waals surface area contributed by atoms with E-state index in [4.69, 9.17) is 4.74 Å².